The smallest absolute Gasteiger partial charge is 0.416 e. The van der Waals surface area contributed by atoms with Crippen molar-refractivity contribution in [2.75, 3.05) is 10.3 Å². The number of allylic oxidation sites excluding steroid dienone is 1. The number of nitrogens with zero attached hydrogens (tertiary/aromatic N) is 2. The number of amides is 1. The monoisotopic (exact) mass is 479 g/mol. The van der Waals surface area contributed by atoms with E-state index < -0.39 is 17.6 Å². The number of alkyl halides is 3. The van der Waals surface area contributed by atoms with Gasteiger partial charge in [0.2, 0.25) is 0 Å². The second-order valence-corrected chi connectivity index (χ2v) is 8.71. The minimum Gasteiger partial charge on any atom is -0.506 e. The van der Waals surface area contributed by atoms with Crippen LogP contribution in [0.2, 0.25) is 0 Å². The Labute approximate surface area is 201 Å². The van der Waals surface area contributed by atoms with Crippen LogP contribution in [0.25, 0.3) is 6.08 Å². The quantitative estimate of drug-likeness (QED) is 0.315. The number of aromatic hydroxyl groups is 1. The third kappa shape index (κ3) is 4.77. The fraction of sp³-hybridized carbons (Fsp3) is 0.185. The Bertz CT molecular complexity index is 1390. The molecule has 0 fully saturated rings. The van der Waals surface area contributed by atoms with Gasteiger partial charge in [0.25, 0.3) is 5.91 Å². The van der Waals surface area contributed by atoms with Crippen molar-refractivity contribution in [1.82, 2.24) is 0 Å². The van der Waals surface area contributed by atoms with Crippen LogP contribution in [0, 0.1) is 13.8 Å². The van der Waals surface area contributed by atoms with Crippen molar-refractivity contribution in [3.05, 3.63) is 88.0 Å². The lowest BCUT2D eigenvalue weighted by Gasteiger charge is -2.19. The summed E-state index contributed by atoms with van der Waals surface area (Å²) in [6, 6.07) is 13.3. The molecule has 1 amide bonds. The van der Waals surface area contributed by atoms with E-state index in [-0.39, 0.29) is 28.4 Å². The predicted octanol–water partition coefficient (Wildman–Crippen LogP) is 6.95. The van der Waals surface area contributed by atoms with Gasteiger partial charge in [-0.2, -0.15) is 18.3 Å². The highest BCUT2D eigenvalue weighted by atomic mass is 19.4. The fourth-order valence-corrected chi connectivity index (χ4v) is 3.84. The molecule has 0 atom stereocenters. The minimum atomic E-state index is -4.57. The standard InChI is InChI=1S/C27H24F3N3O2/c1-15(2)11-18-6-10-22(24(34)13-18)31-32-25-21-9-7-19(27(28,29)30)14-23(21)33(26(25)35)20-8-5-16(3)17(4)12-20/h5-14,31,34H,1-4H3/b32-25-. The van der Waals surface area contributed by atoms with Gasteiger partial charge in [-0.3, -0.25) is 15.1 Å². The first-order valence-corrected chi connectivity index (χ1v) is 10.9. The summed E-state index contributed by atoms with van der Waals surface area (Å²) < 4.78 is 40.3. The molecule has 0 radical (unpaired) electrons. The van der Waals surface area contributed by atoms with Gasteiger partial charge in [0.15, 0.2) is 5.71 Å². The van der Waals surface area contributed by atoms with Crippen molar-refractivity contribution in [3.63, 3.8) is 0 Å². The molecule has 4 rings (SSSR count). The van der Waals surface area contributed by atoms with E-state index >= 15 is 0 Å². The topological polar surface area (TPSA) is 64.9 Å². The van der Waals surface area contributed by atoms with E-state index in [1.54, 1.807) is 30.3 Å². The number of halogens is 3. The molecule has 0 spiro atoms. The van der Waals surface area contributed by atoms with Crippen LogP contribution in [0.15, 0.2) is 65.3 Å². The Hall–Kier alpha value is -4.07. The lowest BCUT2D eigenvalue weighted by atomic mass is 10.1. The molecule has 3 aromatic rings. The highest BCUT2D eigenvalue weighted by molar-refractivity contribution is 6.55. The van der Waals surface area contributed by atoms with Gasteiger partial charge in [-0.1, -0.05) is 23.8 Å². The van der Waals surface area contributed by atoms with Crippen molar-refractivity contribution in [1.29, 1.82) is 0 Å². The molecular formula is C27H24F3N3O2. The molecule has 2 N–H and O–H groups in total. The van der Waals surface area contributed by atoms with Crippen LogP contribution in [0.4, 0.5) is 30.2 Å². The summed E-state index contributed by atoms with van der Waals surface area (Å²) in [6.45, 7) is 7.64. The van der Waals surface area contributed by atoms with Crippen LogP contribution in [0.3, 0.4) is 0 Å². The van der Waals surface area contributed by atoms with Gasteiger partial charge in [0.05, 0.1) is 16.9 Å². The number of hydrazone groups is 1. The first kappa shape index (κ1) is 24.1. The summed E-state index contributed by atoms with van der Waals surface area (Å²) in [7, 11) is 0. The van der Waals surface area contributed by atoms with Gasteiger partial charge < -0.3 is 5.11 Å². The Morgan fingerprint density at radius 2 is 1.74 bits per heavy atom. The van der Waals surface area contributed by atoms with E-state index in [9.17, 15) is 23.1 Å². The molecule has 8 heteroatoms. The maximum absolute atomic E-state index is 13.4. The maximum atomic E-state index is 13.4. The molecule has 3 aromatic carbocycles. The molecule has 0 aliphatic carbocycles. The first-order valence-electron chi connectivity index (χ1n) is 10.9. The number of fused-ring (bicyclic) bond motifs is 1. The number of anilines is 3. The van der Waals surface area contributed by atoms with Gasteiger partial charge >= 0.3 is 6.18 Å². The number of phenols is 1. The molecular weight excluding hydrogens is 455 g/mol. The second kappa shape index (κ2) is 8.94. The molecule has 35 heavy (non-hydrogen) atoms. The Kier molecular flexibility index (Phi) is 6.15. The van der Waals surface area contributed by atoms with E-state index in [1.807, 2.05) is 39.8 Å². The number of hydrogen-bond acceptors (Lipinski definition) is 4. The van der Waals surface area contributed by atoms with Crippen LogP contribution in [0.5, 0.6) is 5.75 Å². The minimum absolute atomic E-state index is 0.0558. The summed E-state index contributed by atoms with van der Waals surface area (Å²) >= 11 is 0. The van der Waals surface area contributed by atoms with Crippen molar-refractivity contribution in [3.8, 4) is 5.75 Å². The summed E-state index contributed by atoms with van der Waals surface area (Å²) in [6.07, 6.45) is -2.67. The fourth-order valence-electron chi connectivity index (χ4n) is 3.84. The number of carbonyl (C=O) groups excluding carboxylic acids is 1. The van der Waals surface area contributed by atoms with Crippen LogP contribution < -0.4 is 10.3 Å². The zero-order valence-electron chi connectivity index (χ0n) is 19.7. The maximum Gasteiger partial charge on any atom is 0.416 e. The highest BCUT2D eigenvalue weighted by Gasteiger charge is 2.39. The number of benzene rings is 3. The Morgan fingerprint density at radius 1 is 1.00 bits per heavy atom. The number of carbonyl (C=O) groups is 1. The lowest BCUT2D eigenvalue weighted by Crippen LogP contribution is -2.26. The summed E-state index contributed by atoms with van der Waals surface area (Å²) in [4.78, 5) is 14.6. The van der Waals surface area contributed by atoms with Crippen LogP contribution in [-0.2, 0) is 11.0 Å². The van der Waals surface area contributed by atoms with Crippen LogP contribution >= 0.6 is 0 Å². The zero-order chi connectivity index (χ0) is 25.5. The van der Waals surface area contributed by atoms with Gasteiger partial charge in [-0.25, -0.2) is 0 Å². The summed E-state index contributed by atoms with van der Waals surface area (Å²) in [5.74, 6) is -0.649. The van der Waals surface area contributed by atoms with Crippen molar-refractivity contribution in [2.24, 2.45) is 5.10 Å². The van der Waals surface area contributed by atoms with E-state index in [0.717, 1.165) is 34.4 Å². The third-order valence-corrected chi connectivity index (χ3v) is 5.74. The van der Waals surface area contributed by atoms with E-state index in [0.29, 0.717) is 5.69 Å². The molecule has 0 aromatic heterocycles. The average molecular weight is 480 g/mol. The first-order chi connectivity index (χ1) is 16.5. The molecule has 5 nitrogen and oxygen atoms in total. The summed E-state index contributed by atoms with van der Waals surface area (Å²) in [5, 5.41) is 14.6. The molecule has 0 unspecified atom stereocenters. The van der Waals surface area contributed by atoms with Crippen molar-refractivity contribution in [2.45, 2.75) is 33.9 Å². The van der Waals surface area contributed by atoms with E-state index in [4.69, 9.17) is 0 Å². The highest BCUT2D eigenvalue weighted by Crippen LogP contribution is 2.40. The molecule has 1 heterocycles. The largest absolute Gasteiger partial charge is 0.506 e. The molecule has 180 valence electrons. The Morgan fingerprint density at radius 3 is 2.37 bits per heavy atom. The van der Waals surface area contributed by atoms with E-state index in [1.165, 1.54) is 11.0 Å². The third-order valence-electron chi connectivity index (χ3n) is 5.74. The van der Waals surface area contributed by atoms with Gasteiger partial charge in [-0.05, 0) is 86.8 Å². The van der Waals surface area contributed by atoms with Crippen LogP contribution in [0.1, 0.15) is 41.7 Å². The Balaban J connectivity index is 1.78. The number of nitrogens with one attached hydrogen (secondary N) is 1. The van der Waals surface area contributed by atoms with Crippen molar-refractivity contribution < 1.29 is 23.1 Å². The van der Waals surface area contributed by atoms with Gasteiger partial charge in [0, 0.05) is 11.3 Å². The lowest BCUT2D eigenvalue weighted by molar-refractivity contribution is -0.137. The van der Waals surface area contributed by atoms with Gasteiger partial charge in [0.1, 0.15) is 5.75 Å². The average Bonchev–Trinajstić information content (AvgIpc) is 3.04. The van der Waals surface area contributed by atoms with Crippen molar-refractivity contribution >= 4 is 34.8 Å². The summed E-state index contributed by atoms with van der Waals surface area (Å²) in [5.41, 5.74) is 6.57. The van der Waals surface area contributed by atoms with E-state index in [2.05, 4.69) is 10.5 Å². The molecule has 0 saturated heterocycles. The number of phenolic OH excluding ortho intramolecular Hbond substituents is 1. The van der Waals surface area contributed by atoms with Crippen LogP contribution in [-0.4, -0.2) is 16.7 Å². The molecule has 1 aliphatic rings. The zero-order valence-corrected chi connectivity index (χ0v) is 19.7. The number of hydrogen-bond donors (Lipinski definition) is 2. The molecule has 1 aliphatic heterocycles. The van der Waals surface area contributed by atoms with Gasteiger partial charge in [-0.15, -0.1) is 0 Å². The second-order valence-electron chi connectivity index (χ2n) is 8.71. The number of aryl methyl sites for hydroxylation is 2. The molecule has 0 saturated carbocycles. The SMILES string of the molecule is CC(C)=Cc1ccc(N/N=C2\C(=O)N(c3ccc(C)c(C)c3)c3cc(C(F)(F)F)ccc32)c(O)c1. The molecule has 0 bridgehead atoms. The normalized spacial score (nSPS) is 14.3. The number of rotatable bonds is 4. The predicted molar refractivity (Wildman–Crippen MR) is 132 cm³/mol.